The molecule has 22 heavy (non-hydrogen) atoms. The lowest BCUT2D eigenvalue weighted by atomic mass is 10.2. The van der Waals surface area contributed by atoms with E-state index in [2.05, 4.69) is 5.32 Å². The van der Waals surface area contributed by atoms with Crippen LogP contribution in [0.5, 0.6) is 0 Å². The van der Waals surface area contributed by atoms with Crippen molar-refractivity contribution in [2.75, 3.05) is 26.3 Å². The Balaban J connectivity index is 1.48. The van der Waals surface area contributed by atoms with Gasteiger partial charge in [0, 0.05) is 25.2 Å². The average molecular weight is 306 g/mol. The van der Waals surface area contributed by atoms with Crippen LogP contribution in [0.1, 0.15) is 12.0 Å². The smallest absolute Gasteiger partial charge is 0.226 e. The highest BCUT2D eigenvalue weighted by Gasteiger charge is 2.49. The van der Waals surface area contributed by atoms with Gasteiger partial charge in [-0.3, -0.25) is 9.59 Å². The number of amides is 2. The third-order valence-corrected chi connectivity index (χ3v) is 4.18. The average Bonchev–Trinajstić information content (AvgIpc) is 3.35. The number of carbonyl (C=O) groups is 2. The van der Waals surface area contributed by atoms with Crippen molar-refractivity contribution in [1.82, 2.24) is 10.2 Å². The Kier molecular flexibility index (Phi) is 4.38. The molecule has 1 aromatic rings. The van der Waals surface area contributed by atoms with Gasteiger partial charge >= 0.3 is 0 Å². The lowest BCUT2D eigenvalue weighted by Crippen LogP contribution is -2.42. The predicted octanol–water partition coefficient (Wildman–Crippen LogP) is 0.937. The molecule has 118 valence electrons. The van der Waals surface area contributed by atoms with E-state index in [4.69, 9.17) is 4.74 Å². The van der Waals surface area contributed by atoms with Crippen LogP contribution < -0.4 is 5.32 Å². The first-order chi connectivity index (χ1) is 10.7. The van der Waals surface area contributed by atoms with E-state index in [1.54, 1.807) is 23.1 Å². The fourth-order valence-electron chi connectivity index (χ4n) is 2.73. The van der Waals surface area contributed by atoms with Crippen LogP contribution in [0.4, 0.5) is 4.39 Å². The van der Waals surface area contributed by atoms with Crippen LogP contribution in [-0.2, 0) is 20.9 Å². The number of hydrogen-bond acceptors (Lipinski definition) is 3. The van der Waals surface area contributed by atoms with E-state index < -0.39 is 0 Å². The van der Waals surface area contributed by atoms with E-state index in [0.29, 0.717) is 38.3 Å². The zero-order chi connectivity index (χ0) is 15.5. The Bertz CT molecular complexity index is 572. The topological polar surface area (TPSA) is 58.6 Å². The van der Waals surface area contributed by atoms with Crippen LogP contribution in [0.2, 0.25) is 0 Å². The summed E-state index contributed by atoms with van der Waals surface area (Å²) in [5.41, 5.74) is 0.451. The van der Waals surface area contributed by atoms with E-state index >= 15 is 0 Å². The van der Waals surface area contributed by atoms with Gasteiger partial charge in [0.25, 0.3) is 0 Å². The zero-order valence-corrected chi connectivity index (χ0v) is 12.3. The van der Waals surface area contributed by atoms with Crippen molar-refractivity contribution in [3.63, 3.8) is 0 Å². The molecule has 1 N–H and O–H groups in total. The van der Waals surface area contributed by atoms with E-state index in [-0.39, 0.29) is 36.0 Å². The molecule has 0 aromatic heterocycles. The lowest BCUT2D eigenvalue weighted by molar-refractivity contribution is -0.138. The van der Waals surface area contributed by atoms with Crippen molar-refractivity contribution in [2.24, 2.45) is 11.8 Å². The van der Waals surface area contributed by atoms with Crippen molar-refractivity contribution < 1.29 is 18.7 Å². The highest BCUT2D eigenvalue weighted by Crippen LogP contribution is 2.40. The van der Waals surface area contributed by atoms with Gasteiger partial charge in [-0.1, -0.05) is 18.2 Å². The number of rotatable bonds is 4. The largest absolute Gasteiger partial charge is 0.378 e. The first kappa shape index (κ1) is 15.0. The van der Waals surface area contributed by atoms with Gasteiger partial charge in [0.1, 0.15) is 5.82 Å². The van der Waals surface area contributed by atoms with Crippen LogP contribution in [0, 0.1) is 17.7 Å². The minimum atomic E-state index is -0.334. The van der Waals surface area contributed by atoms with Crippen LogP contribution >= 0.6 is 0 Å². The van der Waals surface area contributed by atoms with E-state index in [0.717, 1.165) is 0 Å². The molecule has 1 aliphatic heterocycles. The normalized spacial score (nSPS) is 24.0. The molecule has 2 atom stereocenters. The van der Waals surface area contributed by atoms with Crippen LogP contribution in [0.3, 0.4) is 0 Å². The zero-order valence-electron chi connectivity index (χ0n) is 12.3. The molecule has 5 nitrogen and oxygen atoms in total. The minimum absolute atomic E-state index is 0.0364. The van der Waals surface area contributed by atoms with Crippen LogP contribution in [-0.4, -0.2) is 43.0 Å². The number of benzene rings is 1. The maximum atomic E-state index is 13.5. The molecule has 0 radical (unpaired) electrons. The minimum Gasteiger partial charge on any atom is -0.378 e. The maximum absolute atomic E-state index is 13.5. The van der Waals surface area contributed by atoms with Gasteiger partial charge in [-0.25, -0.2) is 4.39 Å². The van der Waals surface area contributed by atoms with Crippen LogP contribution in [0.15, 0.2) is 24.3 Å². The SMILES string of the molecule is O=C(NCc1ccccc1F)C1CC1C(=O)N1CCOCC1. The highest BCUT2D eigenvalue weighted by molar-refractivity contribution is 5.92. The molecule has 1 aromatic carbocycles. The molecule has 2 aliphatic rings. The summed E-state index contributed by atoms with van der Waals surface area (Å²) in [4.78, 5) is 26.1. The molecular formula is C16H19FN2O3. The standard InChI is InChI=1S/C16H19FN2O3/c17-14-4-2-1-3-11(14)10-18-15(20)12-9-13(12)16(21)19-5-7-22-8-6-19/h1-4,12-13H,5-10H2,(H,18,20). The molecule has 2 fully saturated rings. The summed E-state index contributed by atoms with van der Waals surface area (Å²) in [5, 5.41) is 2.72. The fourth-order valence-corrected chi connectivity index (χ4v) is 2.73. The second-order valence-corrected chi connectivity index (χ2v) is 5.70. The maximum Gasteiger partial charge on any atom is 0.226 e. The van der Waals surface area contributed by atoms with Gasteiger partial charge in [-0.15, -0.1) is 0 Å². The number of hydrogen-bond donors (Lipinski definition) is 1. The first-order valence-corrected chi connectivity index (χ1v) is 7.54. The summed E-state index contributed by atoms with van der Waals surface area (Å²) < 4.78 is 18.7. The Morgan fingerprint density at radius 2 is 1.95 bits per heavy atom. The van der Waals surface area contributed by atoms with Gasteiger partial charge < -0.3 is 15.0 Å². The molecule has 0 bridgehead atoms. The van der Waals surface area contributed by atoms with Gasteiger partial charge in [-0.05, 0) is 12.5 Å². The second kappa shape index (κ2) is 6.44. The Morgan fingerprint density at radius 3 is 2.68 bits per heavy atom. The molecule has 0 spiro atoms. The van der Waals surface area contributed by atoms with Crippen molar-refractivity contribution in [3.05, 3.63) is 35.6 Å². The summed E-state index contributed by atoms with van der Waals surface area (Å²) >= 11 is 0. The van der Waals surface area contributed by atoms with Gasteiger partial charge in [-0.2, -0.15) is 0 Å². The summed E-state index contributed by atoms with van der Waals surface area (Å²) in [6.07, 6.45) is 0.583. The quantitative estimate of drug-likeness (QED) is 0.900. The van der Waals surface area contributed by atoms with E-state index in [1.165, 1.54) is 6.07 Å². The molecular weight excluding hydrogens is 287 g/mol. The summed E-state index contributed by atoms with van der Waals surface area (Å²) in [7, 11) is 0. The summed E-state index contributed by atoms with van der Waals surface area (Å²) in [6.45, 7) is 2.46. The van der Waals surface area contributed by atoms with Crippen LogP contribution in [0.25, 0.3) is 0 Å². The molecule has 3 rings (SSSR count). The molecule has 1 saturated carbocycles. The second-order valence-electron chi connectivity index (χ2n) is 5.70. The monoisotopic (exact) mass is 306 g/mol. The Labute approximate surface area is 128 Å². The fraction of sp³-hybridized carbons (Fsp3) is 0.500. The number of halogens is 1. The molecule has 1 saturated heterocycles. The van der Waals surface area contributed by atoms with Crippen molar-refractivity contribution in [2.45, 2.75) is 13.0 Å². The number of carbonyl (C=O) groups excluding carboxylic acids is 2. The van der Waals surface area contributed by atoms with Crippen molar-refractivity contribution >= 4 is 11.8 Å². The third kappa shape index (κ3) is 3.27. The van der Waals surface area contributed by atoms with Gasteiger partial charge in [0.2, 0.25) is 11.8 Å². The number of nitrogens with zero attached hydrogens (tertiary/aromatic N) is 1. The lowest BCUT2D eigenvalue weighted by Gasteiger charge is -2.27. The summed E-state index contributed by atoms with van der Waals surface area (Å²) in [6, 6.07) is 6.34. The number of ether oxygens (including phenoxy) is 1. The Morgan fingerprint density at radius 1 is 1.23 bits per heavy atom. The van der Waals surface area contributed by atoms with E-state index in [9.17, 15) is 14.0 Å². The highest BCUT2D eigenvalue weighted by atomic mass is 19.1. The van der Waals surface area contributed by atoms with E-state index in [1.807, 2.05) is 0 Å². The summed E-state index contributed by atoms with van der Waals surface area (Å²) in [5.74, 6) is -0.968. The number of nitrogens with one attached hydrogen (secondary N) is 1. The number of morpholine rings is 1. The van der Waals surface area contributed by atoms with Crippen molar-refractivity contribution in [1.29, 1.82) is 0 Å². The molecule has 6 heteroatoms. The van der Waals surface area contributed by atoms with Gasteiger partial charge in [0.15, 0.2) is 0 Å². The molecule has 1 aliphatic carbocycles. The van der Waals surface area contributed by atoms with Crippen molar-refractivity contribution in [3.8, 4) is 0 Å². The molecule has 1 heterocycles. The molecule has 2 unspecified atom stereocenters. The Hall–Kier alpha value is -1.95. The first-order valence-electron chi connectivity index (χ1n) is 7.54. The third-order valence-electron chi connectivity index (χ3n) is 4.18. The molecule has 2 amide bonds. The van der Waals surface area contributed by atoms with Gasteiger partial charge in [0.05, 0.1) is 25.0 Å². The predicted molar refractivity (Wildman–Crippen MR) is 77.2 cm³/mol.